The minimum Gasteiger partial charge on any atom is -0.378 e. The van der Waals surface area contributed by atoms with Gasteiger partial charge in [0.25, 0.3) is 0 Å². The van der Waals surface area contributed by atoms with Gasteiger partial charge in [0.2, 0.25) is 10.0 Å². The molecule has 16 heavy (non-hydrogen) atoms. The average molecular weight is 250 g/mol. The first-order valence-corrected chi connectivity index (χ1v) is 7.47. The van der Waals surface area contributed by atoms with Gasteiger partial charge in [0, 0.05) is 12.6 Å². The zero-order valence-corrected chi connectivity index (χ0v) is 10.8. The van der Waals surface area contributed by atoms with Crippen molar-refractivity contribution in [2.75, 3.05) is 25.4 Å². The predicted molar refractivity (Wildman–Crippen MR) is 63.9 cm³/mol. The minimum absolute atomic E-state index is 0.0396. The van der Waals surface area contributed by atoms with Crippen LogP contribution in [0.4, 0.5) is 0 Å². The molecule has 0 aromatic rings. The fraction of sp³-hybridized carbons (Fsp3) is 1.00. The van der Waals surface area contributed by atoms with Crippen LogP contribution < -0.4 is 10.0 Å². The Morgan fingerprint density at radius 1 is 1.50 bits per heavy atom. The second kappa shape index (κ2) is 6.54. The Hall–Kier alpha value is -0.170. The first-order chi connectivity index (χ1) is 7.49. The van der Waals surface area contributed by atoms with Crippen LogP contribution in [-0.4, -0.2) is 46.0 Å². The van der Waals surface area contributed by atoms with E-state index in [1.54, 1.807) is 0 Å². The molecule has 0 aromatic carbocycles. The van der Waals surface area contributed by atoms with E-state index in [0.717, 1.165) is 25.9 Å². The lowest BCUT2D eigenvalue weighted by Gasteiger charge is -2.23. The van der Waals surface area contributed by atoms with Gasteiger partial charge >= 0.3 is 0 Å². The molecule has 1 aliphatic rings. The van der Waals surface area contributed by atoms with Gasteiger partial charge in [-0.25, -0.2) is 13.1 Å². The van der Waals surface area contributed by atoms with E-state index in [1.807, 2.05) is 13.8 Å². The number of piperidine rings is 1. The van der Waals surface area contributed by atoms with Crippen LogP contribution >= 0.6 is 0 Å². The summed E-state index contributed by atoms with van der Waals surface area (Å²) in [5, 5.41) is 3.17. The standard InChI is InChI=1S/C10H22N2O3S/c1-9(2)15-6-7-16(13,14)12-10-4-3-5-11-8-10/h9-12H,3-8H2,1-2H3/t10-/m1/s1. The Morgan fingerprint density at radius 2 is 2.25 bits per heavy atom. The molecule has 1 fully saturated rings. The molecule has 0 radical (unpaired) electrons. The molecule has 1 saturated heterocycles. The quantitative estimate of drug-likeness (QED) is 0.701. The Kier molecular flexibility index (Phi) is 5.68. The highest BCUT2D eigenvalue weighted by atomic mass is 32.2. The van der Waals surface area contributed by atoms with Gasteiger partial charge < -0.3 is 10.1 Å². The zero-order chi connectivity index (χ0) is 12.0. The van der Waals surface area contributed by atoms with E-state index in [9.17, 15) is 8.42 Å². The van der Waals surface area contributed by atoms with Crippen molar-refractivity contribution >= 4 is 10.0 Å². The Morgan fingerprint density at radius 3 is 2.81 bits per heavy atom. The lowest BCUT2D eigenvalue weighted by molar-refractivity contribution is 0.0911. The fourth-order valence-corrected chi connectivity index (χ4v) is 2.80. The van der Waals surface area contributed by atoms with Gasteiger partial charge in [0.15, 0.2) is 0 Å². The van der Waals surface area contributed by atoms with Crippen LogP contribution in [0.15, 0.2) is 0 Å². The number of nitrogens with one attached hydrogen (secondary N) is 2. The van der Waals surface area contributed by atoms with E-state index in [4.69, 9.17) is 4.74 Å². The molecular weight excluding hydrogens is 228 g/mol. The minimum atomic E-state index is -3.19. The monoisotopic (exact) mass is 250 g/mol. The van der Waals surface area contributed by atoms with Crippen molar-refractivity contribution < 1.29 is 13.2 Å². The summed E-state index contributed by atoms with van der Waals surface area (Å²) in [6.45, 7) is 5.75. The zero-order valence-electron chi connectivity index (χ0n) is 10.0. The maximum atomic E-state index is 11.7. The molecule has 2 N–H and O–H groups in total. The summed E-state index contributed by atoms with van der Waals surface area (Å²) in [6, 6.07) is 0.0396. The third-order valence-corrected chi connectivity index (χ3v) is 3.84. The molecule has 0 saturated carbocycles. The van der Waals surface area contributed by atoms with E-state index < -0.39 is 10.0 Å². The Balaban J connectivity index is 2.27. The van der Waals surface area contributed by atoms with Gasteiger partial charge in [-0.1, -0.05) is 0 Å². The number of ether oxygens (including phenoxy) is 1. The molecule has 1 rings (SSSR count). The van der Waals surface area contributed by atoms with E-state index in [0.29, 0.717) is 0 Å². The number of hydrogen-bond donors (Lipinski definition) is 2. The first kappa shape index (κ1) is 13.9. The molecule has 5 nitrogen and oxygen atoms in total. The Bertz CT molecular complexity index is 284. The molecule has 1 heterocycles. The molecule has 6 heteroatoms. The number of hydrogen-bond acceptors (Lipinski definition) is 4. The van der Waals surface area contributed by atoms with Gasteiger partial charge in [0.05, 0.1) is 18.5 Å². The van der Waals surface area contributed by atoms with Crippen molar-refractivity contribution in [2.24, 2.45) is 0 Å². The first-order valence-electron chi connectivity index (χ1n) is 5.82. The van der Waals surface area contributed by atoms with Crippen molar-refractivity contribution in [2.45, 2.75) is 38.8 Å². The molecule has 0 aromatic heterocycles. The van der Waals surface area contributed by atoms with Crippen LogP contribution in [-0.2, 0) is 14.8 Å². The van der Waals surface area contributed by atoms with Crippen molar-refractivity contribution in [3.63, 3.8) is 0 Å². The highest BCUT2D eigenvalue weighted by Crippen LogP contribution is 2.03. The van der Waals surface area contributed by atoms with E-state index in [1.165, 1.54) is 0 Å². The van der Waals surface area contributed by atoms with Crippen LogP contribution in [0.2, 0.25) is 0 Å². The smallest absolute Gasteiger partial charge is 0.214 e. The molecule has 1 aliphatic heterocycles. The lowest BCUT2D eigenvalue weighted by Crippen LogP contribution is -2.46. The lowest BCUT2D eigenvalue weighted by atomic mass is 10.1. The molecule has 96 valence electrons. The maximum absolute atomic E-state index is 11.7. The molecule has 0 amide bonds. The second-order valence-corrected chi connectivity index (χ2v) is 6.27. The van der Waals surface area contributed by atoms with Crippen molar-refractivity contribution in [1.82, 2.24) is 10.0 Å². The molecule has 0 aliphatic carbocycles. The van der Waals surface area contributed by atoms with Crippen molar-refractivity contribution in [3.05, 3.63) is 0 Å². The van der Waals surface area contributed by atoms with Crippen LogP contribution in [0.25, 0.3) is 0 Å². The van der Waals surface area contributed by atoms with Gasteiger partial charge in [-0.15, -0.1) is 0 Å². The van der Waals surface area contributed by atoms with Crippen LogP contribution in [0, 0.1) is 0 Å². The normalized spacial score (nSPS) is 22.6. The fourth-order valence-electron chi connectivity index (χ4n) is 1.66. The number of sulfonamides is 1. The summed E-state index contributed by atoms with van der Waals surface area (Å²) in [5.74, 6) is 0.0433. The van der Waals surface area contributed by atoms with Crippen LogP contribution in [0.3, 0.4) is 0 Å². The summed E-state index contributed by atoms with van der Waals surface area (Å²) in [5.41, 5.74) is 0. The van der Waals surface area contributed by atoms with E-state index in [-0.39, 0.29) is 24.5 Å². The third-order valence-electron chi connectivity index (χ3n) is 2.45. The molecule has 1 atom stereocenters. The van der Waals surface area contributed by atoms with Gasteiger partial charge in [-0.2, -0.15) is 0 Å². The highest BCUT2D eigenvalue weighted by molar-refractivity contribution is 7.89. The Labute approximate surface area is 98.0 Å². The summed E-state index contributed by atoms with van der Waals surface area (Å²) in [7, 11) is -3.19. The summed E-state index contributed by atoms with van der Waals surface area (Å²) < 4.78 is 31.3. The van der Waals surface area contributed by atoms with Crippen molar-refractivity contribution in [3.8, 4) is 0 Å². The average Bonchev–Trinajstić information content (AvgIpc) is 2.17. The number of rotatable bonds is 6. The third kappa shape index (κ3) is 5.79. The maximum Gasteiger partial charge on any atom is 0.214 e. The van der Waals surface area contributed by atoms with E-state index >= 15 is 0 Å². The summed E-state index contributed by atoms with van der Waals surface area (Å²) in [6.07, 6.45) is 2.01. The predicted octanol–water partition coefficient (Wildman–Crippen LogP) is 0.0828. The topological polar surface area (TPSA) is 67.4 Å². The van der Waals surface area contributed by atoms with Gasteiger partial charge in [0.1, 0.15) is 0 Å². The van der Waals surface area contributed by atoms with E-state index in [2.05, 4.69) is 10.0 Å². The summed E-state index contributed by atoms with van der Waals surface area (Å²) in [4.78, 5) is 0. The second-order valence-electron chi connectivity index (χ2n) is 4.40. The highest BCUT2D eigenvalue weighted by Gasteiger charge is 2.19. The van der Waals surface area contributed by atoms with Crippen LogP contribution in [0.5, 0.6) is 0 Å². The van der Waals surface area contributed by atoms with Crippen molar-refractivity contribution in [1.29, 1.82) is 0 Å². The molecule has 0 bridgehead atoms. The van der Waals surface area contributed by atoms with Gasteiger partial charge in [-0.3, -0.25) is 0 Å². The van der Waals surface area contributed by atoms with Gasteiger partial charge in [-0.05, 0) is 33.2 Å². The molecule has 0 spiro atoms. The van der Waals surface area contributed by atoms with Crippen LogP contribution in [0.1, 0.15) is 26.7 Å². The summed E-state index contributed by atoms with van der Waals surface area (Å²) >= 11 is 0. The SMILES string of the molecule is CC(C)OCCS(=O)(=O)N[C@@H]1CCCNC1. The molecule has 0 unspecified atom stereocenters. The largest absolute Gasteiger partial charge is 0.378 e. The molecular formula is C10H22N2O3S.